The van der Waals surface area contributed by atoms with Crippen molar-refractivity contribution in [3.63, 3.8) is 0 Å². The number of anilines is 2. The van der Waals surface area contributed by atoms with E-state index in [1.807, 2.05) is 38.2 Å². The first kappa shape index (κ1) is 24.1. The number of nitrogens with one attached hydrogen (secondary N) is 2. The molecule has 0 saturated carbocycles. The van der Waals surface area contributed by atoms with Crippen molar-refractivity contribution in [3.8, 4) is 11.3 Å². The van der Waals surface area contributed by atoms with Crippen LogP contribution in [0.15, 0.2) is 54.7 Å². The highest BCUT2D eigenvalue weighted by Crippen LogP contribution is 2.28. The normalized spacial score (nSPS) is 15.8. The fourth-order valence-corrected chi connectivity index (χ4v) is 4.68. The van der Waals surface area contributed by atoms with Gasteiger partial charge in [-0.3, -0.25) is 0 Å². The van der Waals surface area contributed by atoms with E-state index in [9.17, 15) is 13.6 Å². The molecule has 0 aliphatic carbocycles. The molecule has 2 amide bonds. The van der Waals surface area contributed by atoms with Crippen LogP contribution >= 0.6 is 11.6 Å². The number of piperidine rings is 1. The van der Waals surface area contributed by atoms with E-state index in [2.05, 4.69) is 15.7 Å². The molecule has 5 rings (SSSR count). The van der Waals surface area contributed by atoms with E-state index in [1.54, 1.807) is 15.6 Å². The lowest BCUT2D eigenvalue weighted by Gasteiger charge is -2.33. The summed E-state index contributed by atoms with van der Waals surface area (Å²) in [6.07, 6.45) is 3.57. The van der Waals surface area contributed by atoms with Crippen LogP contribution in [0, 0.1) is 17.6 Å². The second-order valence-corrected chi connectivity index (χ2v) is 9.37. The lowest BCUT2D eigenvalue weighted by Crippen LogP contribution is -2.44. The van der Waals surface area contributed by atoms with Crippen molar-refractivity contribution in [1.29, 1.82) is 0 Å². The van der Waals surface area contributed by atoms with Gasteiger partial charge in [0.15, 0.2) is 17.3 Å². The fraction of sp³-hybridized carbons (Fsp3) is 0.240. The smallest absolute Gasteiger partial charge is 0.321 e. The predicted octanol–water partition coefficient (Wildman–Crippen LogP) is 3.94. The van der Waals surface area contributed by atoms with Crippen LogP contribution in [-0.4, -0.2) is 53.0 Å². The number of fused-ring (bicyclic) bond motifs is 1. The molecular formula is C25H24BClF2N6O. The van der Waals surface area contributed by atoms with E-state index in [0.717, 1.165) is 53.2 Å². The third-order valence-electron chi connectivity index (χ3n) is 6.35. The highest BCUT2D eigenvalue weighted by atomic mass is 35.5. The van der Waals surface area contributed by atoms with Gasteiger partial charge in [-0.15, -0.1) is 0 Å². The molecule has 1 atom stereocenters. The average molecular weight is 509 g/mol. The van der Waals surface area contributed by atoms with E-state index in [1.165, 1.54) is 6.07 Å². The third-order valence-corrected chi connectivity index (χ3v) is 6.68. The van der Waals surface area contributed by atoms with Crippen LogP contribution in [0.1, 0.15) is 12.8 Å². The van der Waals surface area contributed by atoms with Crippen LogP contribution in [0.25, 0.3) is 16.9 Å². The van der Waals surface area contributed by atoms with Gasteiger partial charge in [0.05, 0.1) is 5.69 Å². The first-order chi connectivity index (χ1) is 17.4. The molecule has 1 saturated heterocycles. The van der Waals surface area contributed by atoms with Gasteiger partial charge in [0.2, 0.25) is 0 Å². The number of halogens is 3. The van der Waals surface area contributed by atoms with Crippen molar-refractivity contribution in [1.82, 2.24) is 19.5 Å². The molecule has 1 aliphatic heterocycles. The van der Waals surface area contributed by atoms with Crippen molar-refractivity contribution >= 4 is 48.1 Å². The Morgan fingerprint density at radius 1 is 1.17 bits per heavy atom. The Balaban J connectivity index is 1.30. The topological polar surface area (TPSA) is 74.6 Å². The molecule has 2 aromatic heterocycles. The summed E-state index contributed by atoms with van der Waals surface area (Å²) in [5.74, 6) is -0.973. The maximum atomic E-state index is 13.5. The zero-order valence-electron chi connectivity index (χ0n) is 19.6. The van der Waals surface area contributed by atoms with Gasteiger partial charge in [0.25, 0.3) is 0 Å². The number of hydrogen-bond acceptors (Lipinski definition) is 4. The number of urea groups is 1. The Hall–Kier alpha value is -3.66. The summed E-state index contributed by atoms with van der Waals surface area (Å²) in [5.41, 5.74) is 3.49. The van der Waals surface area contributed by atoms with Gasteiger partial charge in [-0.1, -0.05) is 29.8 Å². The second-order valence-electron chi connectivity index (χ2n) is 8.96. The number of rotatable bonds is 5. The van der Waals surface area contributed by atoms with Gasteiger partial charge < -0.3 is 15.5 Å². The fourth-order valence-electron chi connectivity index (χ4n) is 4.45. The Morgan fingerprint density at radius 3 is 2.81 bits per heavy atom. The minimum atomic E-state index is -0.998. The summed E-state index contributed by atoms with van der Waals surface area (Å²) in [7, 11) is 1.96. The van der Waals surface area contributed by atoms with Crippen LogP contribution in [0.3, 0.4) is 0 Å². The van der Waals surface area contributed by atoms with Gasteiger partial charge in [0, 0.05) is 54.2 Å². The summed E-state index contributed by atoms with van der Waals surface area (Å²) in [5, 5.41) is 11.2. The van der Waals surface area contributed by atoms with Gasteiger partial charge in [-0.2, -0.15) is 9.61 Å². The molecule has 0 radical (unpaired) electrons. The molecule has 0 spiro atoms. The molecule has 0 bridgehead atoms. The van der Waals surface area contributed by atoms with Gasteiger partial charge in [-0.25, -0.2) is 18.6 Å². The maximum absolute atomic E-state index is 13.5. The first-order valence-corrected chi connectivity index (χ1v) is 12.1. The van der Waals surface area contributed by atoms with Crippen molar-refractivity contribution in [2.45, 2.75) is 12.8 Å². The molecular weight excluding hydrogens is 485 g/mol. The molecule has 184 valence electrons. The molecule has 36 heavy (non-hydrogen) atoms. The SMILES string of the molecule is Bc1cnn2c(NCC3CCCN(C(=O)Nc4ccc(F)c(F)c4)C3)cc(-c3ccccc3Cl)nc12. The van der Waals surface area contributed by atoms with E-state index < -0.39 is 11.6 Å². The monoisotopic (exact) mass is 508 g/mol. The molecule has 2 N–H and O–H groups in total. The molecule has 3 heterocycles. The Kier molecular flexibility index (Phi) is 6.78. The van der Waals surface area contributed by atoms with Crippen LogP contribution in [-0.2, 0) is 0 Å². The molecule has 7 nitrogen and oxygen atoms in total. The second kappa shape index (κ2) is 10.1. The van der Waals surface area contributed by atoms with Crippen LogP contribution < -0.4 is 16.1 Å². The lowest BCUT2D eigenvalue weighted by molar-refractivity contribution is 0.180. The number of carbonyl (C=O) groups is 1. The number of hydrogen-bond donors (Lipinski definition) is 2. The van der Waals surface area contributed by atoms with Gasteiger partial charge in [0.1, 0.15) is 13.7 Å². The highest BCUT2D eigenvalue weighted by Gasteiger charge is 2.24. The zero-order valence-corrected chi connectivity index (χ0v) is 20.4. The Labute approximate surface area is 212 Å². The highest BCUT2D eigenvalue weighted by molar-refractivity contribution is 6.36. The number of nitrogens with zero attached hydrogens (tertiary/aromatic N) is 4. The summed E-state index contributed by atoms with van der Waals surface area (Å²) < 4.78 is 28.5. The van der Waals surface area contributed by atoms with Crippen molar-refractivity contribution < 1.29 is 13.6 Å². The standard InChI is InChI=1S/C25H24BClF2N6O/c26-18-13-31-35-23(11-22(33-24(18)35)17-5-1-2-6-19(17)27)30-12-15-4-3-9-34(14-15)25(36)32-16-7-8-20(28)21(29)10-16/h1-2,5-8,10-11,13,15,30H,3-4,9,12,14,26H2,(H,32,36). The van der Waals surface area contributed by atoms with Crippen LogP contribution in [0.2, 0.25) is 5.02 Å². The summed E-state index contributed by atoms with van der Waals surface area (Å²) in [4.78, 5) is 19.2. The molecule has 11 heteroatoms. The summed E-state index contributed by atoms with van der Waals surface area (Å²) in [6, 6.07) is 12.5. The maximum Gasteiger partial charge on any atom is 0.321 e. The quantitative estimate of drug-likeness (QED) is 0.401. The van der Waals surface area contributed by atoms with Crippen LogP contribution in [0.4, 0.5) is 25.1 Å². The Bertz CT molecular complexity index is 1430. The van der Waals surface area contributed by atoms with E-state index in [0.29, 0.717) is 24.7 Å². The average Bonchev–Trinajstić information content (AvgIpc) is 3.26. The minimum Gasteiger partial charge on any atom is -0.370 e. The third kappa shape index (κ3) is 4.99. The summed E-state index contributed by atoms with van der Waals surface area (Å²) in [6.45, 7) is 1.75. The molecule has 4 aromatic rings. The number of benzene rings is 2. The number of amides is 2. The van der Waals surface area contributed by atoms with E-state index >= 15 is 0 Å². The minimum absolute atomic E-state index is 0.193. The van der Waals surface area contributed by atoms with Gasteiger partial charge in [-0.05, 0) is 42.4 Å². The van der Waals surface area contributed by atoms with E-state index in [-0.39, 0.29) is 17.6 Å². The molecule has 1 aliphatic rings. The largest absolute Gasteiger partial charge is 0.370 e. The molecule has 1 unspecified atom stereocenters. The summed E-state index contributed by atoms with van der Waals surface area (Å²) >= 11 is 6.43. The molecule has 1 fully saturated rings. The zero-order chi connectivity index (χ0) is 25.2. The molecule has 2 aromatic carbocycles. The van der Waals surface area contributed by atoms with Crippen LogP contribution in [0.5, 0.6) is 0 Å². The Morgan fingerprint density at radius 2 is 2.00 bits per heavy atom. The number of carbonyl (C=O) groups excluding carboxylic acids is 1. The van der Waals surface area contributed by atoms with Crippen molar-refractivity contribution in [3.05, 3.63) is 71.4 Å². The van der Waals surface area contributed by atoms with Crippen molar-refractivity contribution in [2.24, 2.45) is 5.92 Å². The number of likely N-dealkylation sites (tertiary alicyclic amines) is 1. The number of aromatic nitrogens is 3. The predicted molar refractivity (Wildman–Crippen MR) is 140 cm³/mol. The van der Waals surface area contributed by atoms with Crippen molar-refractivity contribution in [2.75, 3.05) is 30.3 Å². The lowest BCUT2D eigenvalue weighted by atomic mass is 9.98. The first-order valence-electron chi connectivity index (χ1n) is 11.7. The van der Waals surface area contributed by atoms with E-state index in [4.69, 9.17) is 16.6 Å². The van der Waals surface area contributed by atoms with Gasteiger partial charge >= 0.3 is 6.03 Å².